The molecule has 0 aromatic carbocycles. The highest BCUT2D eigenvalue weighted by Gasteiger charge is 2.22. The number of pyridine rings is 1. The molecule has 0 spiro atoms. The molecule has 2 aromatic rings. The number of methoxy groups -OCH3 is 1. The fourth-order valence-electron chi connectivity index (χ4n) is 3.55. The third-order valence-corrected chi connectivity index (χ3v) is 5.36. The molecule has 1 aliphatic carbocycles. The van der Waals surface area contributed by atoms with Crippen molar-refractivity contribution in [3.63, 3.8) is 0 Å². The zero-order valence-electron chi connectivity index (χ0n) is 18.0. The highest BCUT2D eigenvalue weighted by atomic mass is 16.5. The minimum Gasteiger partial charge on any atom is -0.381 e. The molecule has 1 saturated carbocycles. The van der Waals surface area contributed by atoms with Gasteiger partial charge in [0.2, 0.25) is 0 Å². The lowest BCUT2D eigenvalue weighted by Crippen LogP contribution is -2.30. The van der Waals surface area contributed by atoms with E-state index >= 15 is 0 Å². The molecule has 1 fully saturated rings. The van der Waals surface area contributed by atoms with Crippen LogP contribution in [-0.4, -0.2) is 40.8 Å². The van der Waals surface area contributed by atoms with Gasteiger partial charge in [0.05, 0.1) is 18.0 Å². The molecule has 0 amide bonds. The van der Waals surface area contributed by atoms with Crippen molar-refractivity contribution in [2.45, 2.75) is 64.0 Å². The Hall–Kier alpha value is -2.47. The summed E-state index contributed by atoms with van der Waals surface area (Å²) in [6.07, 6.45) is 10.1. The highest BCUT2D eigenvalue weighted by Crippen LogP contribution is 2.28. The molecule has 6 nitrogen and oxygen atoms in total. The Morgan fingerprint density at radius 3 is 2.45 bits per heavy atom. The summed E-state index contributed by atoms with van der Waals surface area (Å²) in [5, 5.41) is 6.89. The van der Waals surface area contributed by atoms with Gasteiger partial charge >= 0.3 is 0 Å². The molecule has 29 heavy (non-hydrogen) atoms. The average molecular weight is 401 g/mol. The molecule has 2 N–H and O–H groups in total. The van der Waals surface area contributed by atoms with Gasteiger partial charge in [0.25, 0.3) is 0 Å². The molecule has 0 radical (unpaired) electrons. The second-order valence-corrected chi connectivity index (χ2v) is 8.66. The summed E-state index contributed by atoms with van der Waals surface area (Å²) >= 11 is 0. The van der Waals surface area contributed by atoms with Crippen molar-refractivity contribution in [2.75, 3.05) is 24.3 Å². The summed E-state index contributed by atoms with van der Waals surface area (Å²) in [6, 6.07) is 4.51. The van der Waals surface area contributed by atoms with Crippen molar-refractivity contribution < 1.29 is 4.74 Å². The Labute approximate surface area is 174 Å². The van der Waals surface area contributed by atoms with Crippen molar-refractivity contribution in [1.82, 2.24) is 15.0 Å². The molecule has 0 atom stereocenters. The summed E-state index contributed by atoms with van der Waals surface area (Å²) in [5.74, 6) is 1.53. The third kappa shape index (κ3) is 5.54. The van der Waals surface area contributed by atoms with Crippen LogP contribution in [0, 0.1) is 0 Å². The summed E-state index contributed by atoms with van der Waals surface area (Å²) < 4.78 is 5.49. The summed E-state index contributed by atoms with van der Waals surface area (Å²) in [6.45, 7) is 10.9. The first-order valence-electron chi connectivity index (χ1n) is 10.4. The molecule has 156 valence electrons. The fourth-order valence-corrected chi connectivity index (χ4v) is 3.55. The summed E-state index contributed by atoms with van der Waals surface area (Å²) in [4.78, 5) is 14.1. The normalized spacial score (nSPS) is 19.6. The number of anilines is 2. The maximum atomic E-state index is 5.49. The second-order valence-electron chi connectivity index (χ2n) is 8.66. The van der Waals surface area contributed by atoms with Gasteiger partial charge in [-0.3, -0.25) is 4.98 Å². The maximum absolute atomic E-state index is 5.49. The number of nitrogens with one attached hydrogen (secondary N) is 2. The molecule has 0 unspecified atom stereocenters. The minimum atomic E-state index is 0.0242. The Bertz CT molecular complexity index is 805. The predicted octanol–water partition coefficient (Wildman–Crippen LogP) is 4.80. The van der Waals surface area contributed by atoms with E-state index < -0.39 is 0 Å². The number of hydrogen-bond donors (Lipinski definition) is 2. The van der Waals surface area contributed by atoms with Crippen LogP contribution < -0.4 is 10.6 Å². The van der Waals surface area contributed by atoms with Crippen LogP contribution in [0.5, 0.6) is 0 Å². The van der Waals surface area contributed by atoms with E-state index in [1.807, 2.05) is 12.3 Å². The van der Waals surface area contributed by atoms with E-state index in [4.69, 9.17) is 9.72 Å². The van der Waals surface area contributed by atoms with Gasteiger partial charge in [0, 0.05) is 42.6 Å². The zero-order chi connectivity index (χ0) is 20.9. The second kappa shape index (κ2) is 9.35. The lowest BCUT2D eigenvalue weighted by atomic mass is 9.93. The van der Waals surface area contributed by atoms with Crippen LogP contribution >= 0.6 is 0 Å². The van der Waals surface area contributed by atoms with E-state index in [-0.39, 0.29) is 5.41 Å². The molecule has 2 aromatic heterocycles. The van der Waals surface area contributed by atoms with Gasteiger partial charge in [-0.2, -0.15) is 0 Å². The van der Waals surface area contributed by atoms with Crippen molar-refractivity contribution in [2.24, 2.45) is 0 Å². The van der Waals surface area contributed by atoms with Crippen molar-refractivity contribution >= 4 is 11.6 Å². The van der Waals surface area contributed by atoms with Gasteiger partial charge in [-0.1, -0.05) is 26.8 Å². The molecular formula is C23H33N5O. The highest BCUT2D eigenvalue weighted by molar-refractivity contribution is 5.66. The van der Waals surface area contributed by atoms with Crippen molar-refractivity contribution in [1.29, 1.82) is 0 Å². The molecule has 0 bridgehead atoms. The lowest BCUT2D eigenvalue weighted by Gasteiger charge is -2.29. The van der Waals surface area contributed by atoms with Gasteiger partial charge in [0.1, 0.15) is 0 Å². The van der Waals surface area contributed by atoms with Crippen LogP contribution in [-0.2, 0) is 10.2 Å². The zero-order valence-corrected chi connectivity index (χ0v) is 18.0. The molecule has 1 aliphatic rings. The number of nitrogens with zero attached hydrogens (tertiary/aromatic N) is 3. The van der Waals surface area contributed by atoms with Crippen LogP contribution in [0.25, 0.3) is 11.3 Å². The van der Waals surface area contributed by atoms with Gasteiger partial charge in [-0.15, -0.1) is 6.58 Å². The van der Waals surface area contributed by atoms with Crippen LogP contribution in [0.3, 0.4) is 0 Å². The molecular weight excluding hydrogens is 367 g/mol. The number of ether oxygens (including phenoxy) is 1. The lowest BCUT2D eigenvalue weighted by molar-refractivity contribution is 0.0681. The Morgan fingerprint density at radius 1 is 1.10 bits per heavy atom. The first kappa shape index (κ1) is 21.2. The summed E-state index contributed by atoms with van der Waals surface area (Å²) in [5.41, 5.74) is 2.87. The Kier molecular flexibility index (Phi) is 6.85. The van der Waals surface area contributed by atoms with Gasteiger partial charge in [-0.05, 0) is 37.8 Å². The Morgan fingerprint density at radius 2 is 1.86 bits per heavy atom. The molecule has 0 saturated heterocycles. The maximum Gasteiger partial charge on any atom is 0.169 e. The van der Waals surface area contributed by atoms with Crippen molar-refractivity contribution in [3.8, 4) is 11.3 Å². The van der Waals surface area contributed by atoms with Gasteiger partial charge < -0.3 is 15.4 Å². The third-order valence-electron chi connectivity index (χ3n) is 5.36. The molecule has 2 heterocycles. The number of rotatable bonds is 7. The van der Waals surface area contributed by atoms with E-state index in [2.05, 4.69) is 60.1 Å². The molecule has 3 rings (SSSR count). The van der Waals surface area contributed by atoms with E-state index in [1.165, 1.54) is 0 Å². The monoisotopic (exact) mass is 400 g/mol. The average Bonchev–Trinajstić information content (AvgIpc) is 2.73. The van der Waals surface area contributed by atoms with Crippen molar-refractivity contribution in [3.05, 3.63) is 42.9 Å². The van der Waals surface area contributed by atoms with E-state index in [0.29, 0.717) is 18.7 Å². The van der Waals surface area contributed by atoms with E-state index in [1.54, 1.807) is 13.3 Å². The van der Waals surface area contributed by atoms with Crippen LogP contribution in [0.15, 0.2) is 37.2 Å². The number of aromatic nitrogens is 3. The Balaban J connectivity index is 1.82. The SMILES string of the molecule is C=[13CH][13CH2]Nc1ncc(-c2ccc([13C](C)([13CH3])[13CH3])nc2)nc1NC1CCC(OC)CC1. The first-order chi connectivity index (χ1) is 13.9. The smallest absolute Gasteiger partial charge is 0.169 e. The largest absolute Gasteiger partial charge is 0.381 e. The van der Waals surface area contributed by atoms with E-state index in [9.17, 15) is 0 Å². The predicted molar refractivity (Wildman–Crippen MR) is 119 cm³/mol. The van der Waals surface area contributed by atoms with Crippen LogP contribution in [0.1, 0.15) is 52.1 Å². The molecule has 0 aliphatic heterocycles. The van der Waals surface area contributed by atoms with Gasteiger partial charge in [-0.25, -0.2) is 9.97 Å². The quantitative estimate of drug-likeness (QED) is 0.514. The molecule has 6 heteroatoms. The minimum absolute atomic E-state index is 0.0242. The van der Waals surface area contributed by atoms with Gasteiger partial charge in [0.15, 0.2) is 11.6 Å². The topological polar surface area (TPSA) is 72.0 Å². The first-order valence-corrected chi connectivity index (χ1v) is 10.4. The van der Waals surface area contributed by atoms with Crippen LogP contribution in [0.2, 0.25) is 0 Å². The summed E-state index contributed by atoms with van der Waals surface area (Å²) in [7, 11) is 1.80. The number of hydrogen-bond acceptors (Lipinski definition) is 6. The van der Waals surface area contributed by atoms with Crippen LogP contribution in [0.4, 0.5) is 11.6 Å². The van der Waals surface area contributed by atoms with E-state index in [0.717, 1.165) is 54.3 Å². The fraction of sp³-hybridized carbons (Fsp3) is 0.522. The standard InChI is InChI=1S/C23H33N5O/c1-6-13-24-21-22(27-17-8-10-18(29-5)11-9-17)28-19(15-26-21)16-7-12-20(25-14-16)23(2,3)4/h6-7,12,14-15,17-18H,1,8-11,13H2,2-5H3,(H,24,26)(H,27,28)/i2+1,3+1,6+1,13+1,23+1.